The van der Waals surface area contributed by atoms with Gasteiger partial charge in [0.2, 0.25) is 11.4 Å². The van der Waals surface area contributed by atoms with Crippen molar-refractivity contribution in [3.63, 3.8) is 0 Å². The molecule has 0 bridgehead atoms. The Bertz CT molecular complexity index is 929. The molecule has 0 unspecified atom stereocenters. The number of benzene rings is 2. The minimum absolute atomic E-state index is 0.870. The molecule has 3 rings (SSSR count). The summed E-state index contributed by atoms with van der Waals surface area (Å²) in [5, 5.41) is 0. The molecule has 26 heavy (non-hydrogen) atoms. The Kier molecular flexibility index (Phi) is 5.22. The summed E-state index contributed by atoms with van der Waals surface area (Å²) >= 11 is 0. The van der Waals surface area contributed by atoms with Crippen molar-refractivity contribution in [1.82, 2.24) is 0 Å². The summed E-state index contributed by atoms with van der Waals surface area (Å²) in [6, 6.07) is 13.1. The number of hydrogen-bond donors (Lipinski definition) is 0. The van der Waals surface area contributed by atoms with Crippen LogP contribution in [0.1, 0.15) is 60.6 Å². The van der Waals surface area contributed by atoms with Gasteiger partial charge in [0, 0.05) is 22.8 Å². The summed E-state index contributed by atoms with van der Waals surface area (Å²) in [5.41, 5.74) is 21.3. The topological polar surface area (TPSA) is 25.3 Å². The molecule has 0 amide bonds. The van der Waals surface area contributed by atoms with Gasteiger partial charge in [-0.15, -0.1) is 0 Å². The van der Waals surface area contributed by atoms with E-state index in [1.54, 1.807) is 0 Å². The number of hydrogen-bond acceptors (Lipinski definition) is 0. The third-order valence-electron chi connectivity index (χ3n) is 5.10. The minimum atomic E-state index is 0.870. The molecule has 2 nitrogen and oxygen atoms in total. The van der Waals surface area contributed by atoms with Crippen molar-refractivity contribution < 1.29 is 4.70 Å². The highest BCUT2D eigenvalue weighted by molar-refractivity contribution is 5.79. The Morgan fingerprint density at radius 1 is 0.731 bits per heavy atom. The van der Waals surface area contributed by atoms with E-state index in [0.29, 0.717) is 0 Å². The Morgan fingerprint density at radius 2 is 1.27 bits per heavy atom. The van der Waals surface area contributed by atoms with Crippen LogP contribution in [0.4, 0.5) is 0 Å². The fourth-order valence-corrected chi connectivity index (χ4v) is 3.75. The molecule has 2 heteroatoms. The first kappa shape index (κ1) is 18.3. The summed E-state index contributed by atoms with van der Waals surface area (Å²) in [5.74, 6) is 0. The van der Waals surface area contributed by atoms with E-state index >= 15 is 0 Å². The van der Waals surface area contributed by atoms with Crippen molar-refractivity contribution in [2.45, 2.75) is 53.9 Å². The van der Waals surface area contributed by atoms with Crippen LogP contribution in [-0.4, -0.2) is 4.70 Å². The van der Waals surface area contributed by atoms with Crippen molar-refractivity contribution in [3.8, 4) is 0 Å². The van der Waals surface area contributed by atoms with Crippen molar-refractivity contribution in [3.05, 3.63) is 87.0 Å². The lowest BCUT2D eigenvalue weighted by atomic mass is 10.00. The standard InChI is InChI=1S/C24H28N2/c1-6-18-9-16(4)11-21(13-18)23-15-20(8-3)24(26(23)25)22-12-17(5)10-19(7-2)14-22/h9-15H,6-8H2,1-5H3. The summed E-state index contributed by atoms with van der Waals surface area (Å²) in [6.07, 6.45) is 5.01. The van der Waals surface area contributed by atoms with Crippen LogP contribution in [0.5, 0.6) is 0 Å². The number of rotatable bonds is 5. The Balaban J connectivity index is 2.07. The zero-order valence-corrected chi connectivity index (χ0v) is 16.6. The third-order valence-corrected chi connectivity index (χ3v) is 5.10. The molecule has 0 saturated carbocycles. The molecule has 2 aromatic carbocycles. The van der Waals surface area contributed by atoms with Crippen LogP contribution in [0.2, 0.25) is 0 Å². The zero-order valence-electron chi connectivity index (χ0n) is 16.6. The summed E-state index contributed by atoms with van der Waals surface area (Å²) in [4.78, 5) is 0. The van der Waals surface area contributed by atoms with Crippen LogP contribution in [0.3, 0.4) is 0 Å². The lowest BCUT2D eigenvalue weighted by Gasteiger charge is -2.12. The second-order valence-electron chi connectivity index (χ2n) is 7.19. The highest BCUT2D eigenvalue weighted by Gasteiger charge is 2.28. The quantitative estimate of drug-likeness (QED) is 0.543. The van der Waals surface area contributed by atoms with E-state index in [2.05, 4.69) is 77.1 Å². The van der Waals surface area contributed by atoms with E-state index in [1.165, 1.54) is 32.5 Å². The van der Waals surface area contributed by atoms with Crippen LogP contribution in [-0.2, 0) is 12.8 Å². The van der Waals surface area contributed by atoms with Crippen LogP contribution in [0.25, 0.3) is 16.9 Å². The second kappa shape index (κ2) is 7.41. The van der Waals surface area contributed by atoms with Gasteiger partial charge >= 0.3 is 0 Å². The molecule has 0 aromatic heterocycles. The molecule has 1 aliphatic heterocycles. The highest BCUT2D eigenvalue weighted by Crippen LogP contribution is 2.37. The number of nitrogens with zero attached hydrogens (tertiary/aromatic N) is 2. The molecule has 1 aliphatic rings. The molecule has 134 valence electrons. The number of aryl methyl sites for hydroxylation is 4. The molecular weight excluding hydrogens is 316 g/mol. The van der Waals surface area contributed by atoms with E-state index in [1.807, 2.05) is 0 Å². The van der Waals surface area contributed by atoms with Crippen molar-refractivity contribution >= 4 is 11.4 Å². The average Bonchev–Trinajstić information content (AvgIpc) is 2.97. The summed E-state index contributed by atoms with van der Waals surface area (Å²) in [7, 11) is 0. The van der Waals surface area contributed by atoms with Gasteiger partial charge in [-0.25, -0.2) is 4.70 Å². The first-order valence-electron chi connectivity index (χ1n) is 9.62. The predicted molar refractivity (Wildman–Crippen MR) is 110 cm³/mol. The maximum absolute atomic E-state index is 11.1. The van der Waals surface area contributed by atoms with Gasteiger partial charge in [0.05, 0.1) is 0 Å². The van der Waals surface area contributed by atoms with Crippen LogP contribution >= 0.6 is 0 Å². The van der Waals surface area contributed by atoms with Crippen LogP contribution < -0.4 is 0 Å². The van der Waals surface area contributed by atoms with E-state index in [-0.39, 0.29) is 0 Å². The van der Waals surface area contributed by atoms with Gasteiger partial charge in [-0.2, -0.15) is 0 Å². The van der Waals surface area contributed by atoms with Gasteiger partial charge in [-0.1, -0.05) is 44.0 Å². The molecule has 0 radical (unpaired) electrons. The normalized spacial score (nSPS) is 14.2. The second-order valence-corrected chi connectivity index (χ2v) is 7.19. The Labute approximate surface area is 157 Å². The zero-order chi connectivity index (χ0) is 18.8. The Hall–Kier alpha value is -2.48. The minimum Gasteiger partial charge on any atom is -0.493 e. The summed E-state index contributed by atoms with van der Waals surface area (Å²) in [6.45, 7) is 10.7. The first-order valence-corrected chi connectivity index (χ1v) is 9.62. The monoisotopic (exact) mass is 344 g/mol. The predicted octanol–water partition coefficient (Wildman–Crippen LogP) is 6.64. The average molecular weight is 345 g/mol. The highest BCUT2D eigenvalue weighted by atomic mass is 15.2. The maximum atomic E-state index is 11.1. The number of allylic oxidation sites excluding steroid dienone is 2. The molecule has 1 heterocycles. The smallest absolute Gasteiger partial charge is 0.210 e. The molecule has 0 atom stereocenters. The fraction of sp³-hybridized carbons (Fsp3) is 0.333. The van der Waals surface area contributed by atoms with Crippen LogP contribution in [0, 0.1) is 13.8 Å². The van der Waals surface area contributed by atoms with Crippen LogP contribution in [0.15, 0.2) is 48.0 Å². The molecule has 2 aromatic rings. The molecule has 0 aliphatic carbocycles. The molecule has 0 N–H and O–H groups in total. The van der Waals surface area contributed by atoms with E-state index < -0.39 is 0 Å². The Morgan fingerprint density at radius 3 is 1.81 bits per heavy atom. The van der Waals surface area contributed by atoms with Crippen molar-refractivity contribution in [2.75, 3.05) is 0 Å². The van der Waals surface area contributed by atoms with Gasteiger partial charge in [0.15, 0.2) is 0 Å². The lowest BCUT2D eigenvalue weighted by molar-refractivity contribution is -0.344. The first-order chi connectivity index (χ1) is 12.5. The summed E-state index contributed by atoms with van der Waals surface area (Å²) < 4.78 is 1.39. The maximum Gasteiger partial charge on any atom is 0.210 e. The lowest BCUT2D eigenvalue weighted by Crippen LogP contribution is -2.04. The molecular formula is C24H28N2. The van der Waals surface area contributed by atoms with Gasteiger partial charge in [-0.05, 0) is 68.5 Å². The van der Waals surface area contributed by atoms with Gasteiger partial charge in [-0.3, -0.25) is 0 Å². The van der Waals surface area contributed by atoms with Gasteiger partial charge < -0.3 is 5.53 Å². The molecule has 0 fully saturated rings. The molecule has 0 spiro atoms. The van der Waals surface area contributed by atoms with Crippen molar-refractivity contribution in [2.24, 2.45) is 0 Å². The van der Waals surface area contributed by atoms with Gasteiger partial charge in [0.25, 0.3) is 0 Å². The SMILES string of the molecule is CCC1=C(c2cc(C)cc(CC)c2)[N+](=[N-])C(c2cc(C)cc(CC)c2)=C1. The third kappa shape index (κ3) is 3.41. The largest absolute Gasteiger partial charge is 0.493 e. The fourth-order valence-electron chi connectivity index (χ4n) is 3.75. The van der Waals surface area contributed by atoms with Gasteiger partial charge in [0.1, 0.15) is 0 Å². The molecule has 0 saturated heterocycles. The van der Waals surface area contributed by atoms with E-state index in [4.69, 9.17) is 0 Å². The van der Waals surface area contributed by atoms with Crippen molar-refractivity contribution in [1.29, 1.82) is 0 Å². The van der Waals surface area contributed by atoms with E-state index in [9.17, 15) is 5.53 Å². The van der Waals surface area contributed by atoms with E-state index in [0.717, 1.165) is 41.8 Å².